The molecule has 3 aromatic heterocycles. The van der Waals surface area contributed by atoms with E-state index in [1.807, 2.05) is 45.3 Å². The van der Waals surface area contributed by atoms with E-state index in [0.717, 1.165) is 39.6 Å². The molecule has 4 rings (SSSR count). The van der Waals surface area contributed by atoms with E-state index < -0.39 is 11.7 Å². The normalized spacial score (nSPS) is 11.5. The van der Waals surface area contributed by atoms with Crippen molar-refractivity contribution in [2.45, 2.75) is 13.8 Å². The number of amides is 1. The molecule has 0 aliphatic rings. The van der Waals surface area contributed by atoms with Crippen LogP contribution in [0.1, 0.15) is 16.8 Å². The number of primary amides is 1. The van der Waals surface area contributed by atoms with Gasteiger partial charge in [0.1, 0.15) is 0 Å². The summed E-state index contributed by atoms with van der Waals surface area (Å²) in [5, 5.41) is 8.17. The monoisotopic (exact) mass is 405 g/mol. The summed E-state index contributed by atoms with van der Waals surface area (Å²) in [4.78, 5) is 19.4. The summed E-state index contributed by atoms with van der Waals surface area (Å²) in [5.41, 5.74) is 9.35. The van der Waals surface area contributed by atoms with Crippen LogP contribution in [0.2, 0.25) is 0 Å². The number of fused-ring (bicyclic) bond motifs is 1. The van der Waals surface area contributed by atoms with Gasteiger partial charge in [-0.25, -0.2) is 9.37 Å². The second-order valence-corrected chi connectivity index (χ2v) is 6.95. The third-order valence-electron chi connectivity index (χ3n) is 4.90. The zero-order valence-electron chi connectivity index (χ0n) is 16.7. The van der Waals surface area contributed by atoms with Crippen molar-refractivity contribution >= 4 is 34.5 Å². The summed E-state index contributed by atoms with van der Waals surface area (Å²) in [6, 6.07) is 5.59. The molecule has 152 valence electrons. The summed E-state index contributed by atoms with van der Waals surface area (Å²) in [6.45, 7) is 3.84. The van der Waals surface area contributed by atoms with Gasteiger partial charge in [0.2, 0.25) is 11.9 Å². The first-order valence-corrected chi connectivity index (χ1v) is 9.21. The Morgan fingerprint density at radius 2 is 2.07 bits per heavy atom. The summed E-state index contributed by atoms with van der Waals surface area (Å²) in [5.74, 6) is -0.662. The topological polar surface area (TPSA) is 104 Å². The van der Waals surface area contributed by atoms with Gasteiger partial charge in [-0.05, 0) is 43.2 Å². The Kier molecular flexibility index (Phi) is 4.78. The third-order valence-corrected chi connectivity index (χ3v) is 4.90. The van der Waals surface area contributed by atoms with Crippen LogP contribution in [0.15, 0.2) is 42.9 Å². The van der Waals surface area contributed by atoms with Crippen LogP contribution < -0.4 is 11.1 Å². The molecule has 0 bridgehead atoms. The standard InChI is InChI=1S/C21H20FN7O/c1-12-11-29(18-6-4-14(8-15(12)18)5-7-19(23)30)20-16(22)9-24-21(27-20)26-17-10-25-28(3)13(17)2/h4-11H,1-3H3,(H2,23,30)(H,24,26,27). The van der Waals surface area contributed by atoms with Crippen molar-refractivity contribution in [1.82, 2.24) is 24.3 Å². The highest BCUT2D eigenvalue weighted by molar-refractivity contribution is 5.92. The van der Waals surface area contributed by atoms with Gasteiger partial charge in [-0.2, -0.15) is 10.1 Å². The Morgan fingerprint density at radius 1 is 1.27 bits per heavy atom. The van der Waals surface area contributed by atoms with E-state index in [1.165, 1.54) is 6.08 Å². The molecule has 0 fully saturated rings. The van der Waals surface area contributed by atoms with Gasteiger partial charge >= 0.3 is 0 Å². The zero-order chi connectivity index (χ0) is 21.4. The second kappa shape index (κ2) is 7.43. The number of anilines is 2. The minimum atomic E-state index is -0.543. The van der Waals surface area contributed by atoms with Crippen molar-refractivity contribution in [3.05, 3.63) is 65.5 Å². The fourth-order valence-corrected chi connectivity index (χ4v) is 3.20. The fraction of sp³-hybridized carbons (Fsp3) is 0.143. The first-order valence-electron chi connectivity index (χ1n) is 9.21. The molecule has 4 aromatic rings. The van der Waals surface area contributed by atoms with Gasteiger partial charge in [-0.1, -0.05) is 6.07 Å². The average Bonchev–Trinajstić information content (AvgIpc) is 3.21. The van der Waals surface area contributed by atoms with Crippen molar-refractivity contribution < 1.29 is 9.18 Å². The fourth-order valence-electron chi connectivity index (χ4n) is 3.20. The van der Waals surface area contributed by atoms with E-state index in [0.29, 0.717) is 0 Å². The predicted molar refractivity (Wildman–Crippen MR) is 113 cm³/mol. The number of rotatable bonds is 5. The smallest absolute Gasteiger partial charge is 0.241 e. The van der Waals surface area contributed by atoms with Crippen LogP contribution in [-0.2, 0) is 11.8 Å². The molecule has 0 aliphatic carbocycles. The van der Waals surface area contributed by atoms with Crippen molar-refractivity contribution in [2.24, 2.45) is 12.8 Å². The predicted octanol–water partition coefficient (Wildman–Crippen LogP) is 3.15. The van der Waals surface area contributed by atoms with Crippen LogP contribution in [0, 0.1) is 19.7 Å². The van der Waals surface area contributed by atoms with Crippen LogP contribution in [0.25, 0.3) is 22.8 Å². The second-order valence-electron chi connectivity index (χ2n) is 6.95. The number of aromatic nitrogens is 5. The number of halogens is 1. The maximum absolute atomic E-state index is 14.7. The molecule has 3 heterocycles. The van der Waals surface area contributed by atoms with E-state index in [-0.39, 0.29) is 11.8 Å². The van der Waals surface area contributed by atoms with Crippen LogP contribution in [-0.4, -0.2) is 30.2 Å². The molecule has 1 aromatic carbocycles. The SMILES string of the molecule is Cc1cn(-c2nc(Nc3cnn(C)c3C)ncc2F)c2ccc(C=CC(N)=O)cc12. The molecule has 0 atom stereocenters. The molecule has 0 radical (unpaired) electrons. The van der Waals surface area contributed by atoms with Crippen LogP contribution >= 0.6 is 0 Å². The Labute approximate surface area is 171 Å². The number of nitrogens with zero attached hydrogens (tertiary/aromatic N) is 5. The van der Waals surface area contributed by atoms with Crippen molar-refractivity contribution in [2.75, 3.05) is 5.32 Å². The summed E-state index contributed by atoms with van der Waals surface area (Å²) in [7, 11) is 1.83. The maximum Gasteiger partial charge on any atom is 0.241 e. The number of carbonyl (C=O) groups excluding carboxylic acids is 1. The van der Waals surface area contributed by atoms with E-state index in [2.05, 4.69) is 20.4 Å². The van der Waals surface area contributed by atoms with Crippen molar-refractivity contribution in [3.8, 4) is 5.82 Å². The van der Waals surface area contributed by atoms with Gasteiger partial charge in [0.05, 0.1) is 29.3 Å². The number of carbonyl (C=O) groups is 1. The van der Waals surface area contributed by atoms with E-state index in [9.17, 15) is 9.18 Å². The molecule has 0 saturated heterocycles. The molecule has 0 saturated carbocycles. The molecule has 3 N–H and O–H groups in total. The lowest BCUT2D eigenvalue weighted by Crippen LogP contribution is -2.06. The lowest BCUT2D eigenvalue weighted by atomic mass is 10.1. The van der Waals surface area contributed by atoms with Crippen molar-refractivity contribution in [3.63, 3.8) is 0 Å². The first kappa shape index (κ1) is 19.3. The number of hydrogen-bond donors (Lipinski definition) is 2. The summed E-state index contributed by atoms with van der Waals surface area (Å²) >= 11 is 0. The number of nitrogens with two attached hydrogens (primary N) is 1. The summed E-state index contributed by atoms with van der Waals surface area (Å²) in [6.07, 6.45) is 7.56. The van der Waals surface area contributed by atoms with Gasteiger partial charge in [0.25, 0.3) is 0 Å². The summed E-state index contributed by atoms with van der Waals surface area (Å²) < 4.78 is 18.1. The van der Waals surface area contributed by atoms with Crippen LogP contribution in [0.4, 0.5) is 16.0 Å². The Hall–Kier alpha value is -4.01. The molecule has 0 aliphatic heterocycles. The molecular formula is C21H20FN7O. The number of nitrogens with one attached hydrogen (secondary N) is 1. The minimum Gasteiger partial charge on any atom is -0.366 e. The van der Waals surface area contributed by atoms with Crippen LogP contribution in [0.3, 0.4) is 0 Å². The number of aryl methyl sites for hydroxylation is 2. The Balaban J connectivity index is 1.76. The van der Waals surface area contributed by atoms with Gasteiger partial charge in [-0.3, -0.25) is 14.0 Å². The lowest BCUT2D eigenvalue weighted by Gasteiger charge is -2.09. The Morgan fingerprint density at radius 3 is 2.77 bits per heavy atom. The van der Waals surface area contributed by atoms with Gasteiger partial charge in [-0.15, -0.1) is 0 Å². The molecular weight excluding hydrogens is 385 g/mol. The van der Waals surface area contributed by atoms with E-state index in [1.54, 1.807) is 21.5 Å². The highest BCUT2D eigenvalue weighted by Gasteiger charge is 2.15. The third kappa shape index (κ3) is 3.52. The molecule has 0 unspecified atom stereocenters. The largest absolute Gasteiger partial charge is 0.366 e. The molecule has 1 amide bonds. The molecule has 0 spiro atoms. The number of benzene rings is 1. The highest BCUT2D eigenvalue weighted by Crippen LogP contribution is 2.27. The zero-order valence-corrected chi connectivity index (χ0v) is 16.7. The minimum absolute atomic E-state index is 0.132. The Bertz CT molecular complexity index is 1300. The van der Waals surface area contributed by atoms with E-state index >= 15 is 0 Å². The van der Waals surface area contributed by atoms with Gasteiger partial charge in [0.15, 0.2) is 11.6 Å². The molecule has 30 heavy (non-hydrogen) atoms. The van der Waals surface area contributed by atoms with Crippen molar-refractivity contribution in [1.29, 1.82) is 0 Å². The quantitative estimate of drug-likeness (QED) is 0.497. The van der Waals surface area contributed by atoms with Gasteiger partial charge in [0, 0.05) is 24.7 Å². The van der Waals surface area contributed by atoms with E-state index in [4.69, 9.17) is 5.73 Å². The average molecular weight is 405 g/mol. The van der Waals surface area contributed by atoms with Gasteiger partial charge < -0.3 is 11.1 Å². The maximum atomic E-state index is 14.7. The van der Waals surface area contributed by atoms with Crippen LogP contribution in [0.5, 0.6) is 0 Å². The highest BCUT2D eigenvalue weighted by atomic mass is 19.1. The molecule has 9 heteroatoms. The molecule has 8 nitrogen and oxygen atoms in total. The first-order chi connectivity index (χ1) is 14.3. The lowest BCUT2D eigenvalue weighted by molar-refractivity contribution is -0.113. The number of hydrogen-bond acceptors (Lipinski definition) is 5.